The number of amides is 2. The summed E-state index contributed by atoms with van der Waals surface area (Å²) in [6, 6.07) is 0.223. The van der Waals surface area contributed by atoms with Crippen LogP contribution in [0.2, 0.25) is 0 Å². The van der Waals surface area contributed by atoms with Crippen molar-refractivity contribution >= 4 is 11.8 Å². The van der Waals surface area contributed by atoms with Crippen molar-refractivity contribution in [3.8, 4) is 11.4 Å². The molecule has 2 aromatic heterocycles. The lowest BCUT2D eigenvalue weighted by Crippen LogP contribution is -2.43. The molecule has 0 aliphatic carbocycles. The molecule has 0 bridgehead atoms. The van der Waals surface area contributed by atoms with Gasteiger partial charge in [0.05, 0.1) is 24.0 Å². The molecule has 0 saturated heterocycles. The fourth-order valence-corrected chi connectivity index (χ4v) is 3.13. The van der Waals surface area contributed by atoms with Crippen LogP contribution in [-0.2, 0) is 20.0 Å². The number of anilines is 1. The van der Waals surface area contributed by atoms with Crippen molar-refractivity contribution in [3.05, 3.63) is 23.7 Å². The summed E-state index contributed by atoms with van der Waals surface area (Å²) in [4.78, 5) is 23.8. The molecule has 1 aliphatic rings. The molecule has 0 saturated carbocycles. The van der Waals surface area contributed by atoms with Crippen molar-refractivity contribution in [2.45, 2.75) is 52.6 Å². The van der Waals surface area contributed by atoms with E-state index in [9.17, 15) is 4.79 Å². The van der Waals surface area contributed by atoms with Gasteiger partial charge in [0.25, 0.3) is 0 Å². The predicted molar refractivity (Wildman–Crippen MR) is 105 cm³/mol. The van der Waals surface area contributed by atoms with Gasteiger partial charge in [0.15, 0.2) is 5.82 Å². The Labute approximate surface area is 160 Å². The molecule has 2 N–H and O–H groups in total. The van der Waals surface area contributed by atoms with Crippen molar-refractivity contribution in [2.75, 3.05) is 18.4 Å². The van der Waals surface area contributed by atoms with Crippen molar-refractivity contribution in [3.63, 3.8) is 0 Å². The largest absolute Gasteiger partial charge is 0.367 e. The molecule has 8 nitrogen and oxygen atoms in total. The number of hydrogen-bond acceptors (Lipinski definition) is 5. The predicted octanol–water partition coefficient (Wildman–Crippen LogP) is 2.57. The van der Waals surface area contributed by atoms with E-state index in [1.165, 1.54) is 0 Å². The first-order valence-corrected chi connectivity index (χ1v) is 9.66. The van der Waals surface area contributed by atoms with Gasteiger partial charge in [0.2, 0.25) is 0 Å². The molecule has 0 radical (unpaired) electrons. The Morgan fingerprint density at radius 3 is 2.81 bits per heavy atom. The van der Waals surface area contributed by atoms with Gasteiger partial charge >= 0.3 is 6.03 Å². The molecule has 0 unspecified atom stereocenters. The molecular weight excluding hydrogens is 342 g/mol. The maximum Gasteiger partial charge on any atom is 0.317 e. The minimum Gasteiger partial charge on any atom is -0.367 e. The zero-order valence-electron chi connectivity index (χ0n) is 16.6. The highest BCUT2D eigenvalue weighted by Crippen LogP contribution is 2.27. The van der Waals surface area contributed by atoms with E-state index < -0.39 is 0 Å². The second-order valence-corrected chi connectivity index (χ2v) is 7.28. The quantitative estimate of drug-likeness (QED) is 0.762. The fraction of sp³-hybridized carbons (Fsp3) is 0.579. The van der Waals surface area contributed by atoms with Crippen LogP contribution < -0.4 is 10.6 Å². The number of hydrogen-bond donors (Lipinski definition) is 2. The second kappa shape index (κ2) is 8.37. The van der Waals surface area contributed by atoms with Gasteiger partial charge in [-0.1, -0.05) is 13.3 Å². The molecular formula is C19H29N7O. The van der Waals surface area contributed by atoms with Crippen LogP contribution >= 0.6 is 0 Å². The molecule has 3 rings (SSSR count). The van der Waals surface area contributed by atoms with Gasteiger partial charge in [-0.3, -0.25) is 4.68 Å². The maximum atomic E-state index is 12.4. The third kappa shape index (κ3) is 4.56. The number of fused-ring (bicyclic) bond motifs is 1. The van der Waals surface area contributed by atoms with Crippen molar-refractivity contribution in [2.24, 2.45) is 7.05 Å². The van der Waals surface area contributed by atoms with E-state index in [1.54, 1.807) is 10.9 Å². The van der Waals surface area contributed by atoms with E-state index in [0.717, 1.165) is 41.9 Å². The normalized spacial score (nSPS) is 13.6. The minimum absolute atomic E-state index is 0.0130. The summed E-state index contributed by atoms with van der Waals surface area (Å²) >= 11 is 0. The number of urea groups is 1. The molecule has 2 amide bonds. The number of carbonyl (C=O) groups is 1. The SMILES string of the molecule is CCCCNC(=O)N1CCc2nc(-c3cnn(C)c3)nc(NC(C)C)c2C1. The first-order chi connectivity index (χ1) is 13.0. The first kappa shape index (κ1) is 19.1. The zero-order valence-corrected chi connectivity index (χ0v) is 16.6. The highest BCUT2D eigenvalue weighted by atomic mass is 16.2. The van der Waals surface area contributed by atoms with E-state index >= 15 is 0 Å². The number of unbranched alkanes of at least 4 members (excludes halogenated alkanes) is 1. The van der Waals surface area contributed by atoms with E-state index in [4.69, 9.17) is 9.97 Å². The molecule has 0 atom stereocenters. The van der Waals surface area contributed by atoms with Crippen LogP contribution in [-0.4, -0.2) is 49.8 Å². The highest BCUT2D eigenvalue weighted by Gasteiger charge is 2.26. The molecule has 1 aliphatic heterocycles. The van der Waals surface area contributed by atoms with Crippen molar-refractivity contribution in [1.82, 2.24) is 30.0 Å². The molecule has 0 aromatic carbocycles. The summed E-state index contributed by atoms with van der Waals surface area (Å²) in [5.41, 5.74) is 2.91. The van der Waals surface area contributed by atoms with Crippen LogP contribution in [0.3, 0.4) is 0 Å². The monoisotopic (exact) mass is 371 g/mol. The topological polar surface area (TPSA) is 88.0 Å². The van der Waals surface area contributed by atoms with Crippen LogP contribution in [0.25, 0.3) is 11.4 Å². The van der Waals surface area contributed by atoms with Gasteiger partial charge in [0, 0.05) is 44.4 Å². The van der Waals surface area contributed by atoms with Gasteiger partial charge in [-0.2, -0.15) is 5.10 Å². The second-order valence-electron chi connectivity index (χ2n) is 7.28. The standard InChI is InChI=1S/C19H29N7O/c1-5-6-8-20-19(27)26-9-7-16-15(12-26)18(22-13(2)3)24-17(23-16)14-10-21-25(4)11-14/h10-11,13H,5-9,12H2,1-4H3,(H,20,27)(H,22,23,24). The van der Waals surface area contributed by atoms with Crippen LogP contribution in [0.1, 0.15) is 44.9 Å². The summed E-state index contributed by atoms with van der Waals surface area (Å²) in [6.07, 6.45) is 6.47. The third-order valence-corrected chi connectivity index (χ3v) is 4.54. The average Bonchev–Trinajstić information content (AvgIpc) is 3.07. The highest BCUT2D eigenvalue weighted by molar-refractivity contribution is 5.75. The molecule has 0 fully saturated rings. The Hall–Kier alpha value is -2.64. The molecule has 27 heavy (non-hydrogen) atoms. The van der Waals surface area contributed by atoms with Crippen LogP contribution in [0.15, 0.2) is 12.4 Å². The van der Waals surface area contributed by atoms with Crippen LogP contribution in [0.4, 0.5) is 10.6 Å². The van der Waals surface area contributed by atoms with Gasteiger partial charge < -0.3 is 15.5 Å². The number of nitrogens with one attached hydrogen (secondary N) is 2. The molecule has 8 heteroatoms. The Morgan fingerprint density at radius 1 is 1.33 bits per heavy atom. The van der Waals surface area contributed by atoms with E-state index in [1.807, 2.05) is 18.1 Å². The zero-order chi connectivity index (χ0) is 19.4. The maximum absolute atomic E-state index is 12.4. The van der Waals surface area contributed by atoms with E-state index in [2.05, 4.69) is 36.5 Å². The Bertz CT molecular complexity index is 799. The average molecular weight is 371 g/mol. The summed E-state index contributed by atoms with van der Waals surface area (Å²) in [5.74, 6) is 1.48. The Balaban J connectivity index is 1.86. The number of nitrogens with zero attached hydrogens (tertiary/aromatic N) is 5. The third-order valence-electron chi connectivity index (χ3n) is 4.54. The number of aromatic nitrogens is 4. The van der Waals surface area contributed by atoms with Crippen LogP contribution in [0.5, 0.6) is 0 Å². The van der Waals surface area contributed by atoms with Gasteiger partial charge in [-0.15, -0.1) is 0 Å². The molecule has 146 valence electrons. The number of rotatable bonds is 6. The van der Waals surface area contributed by atoms with E-state index in [-0.39, 0.29) is 12.1 Å². The van der Waals surface area contributed by atoms with E-state index in [0.29, 0.717) is 25.5 Å². The Morgan fingerprint density at radius 2 is 2.15 bits per heavy atom. The number of carbonyl (C=O) groups excluding carboxylic acids is 1. The molecule has 0 spiro atoms. The summed E-state index contributed by atoms with van der Waals surface area (Å²) in [7, 11) is 1.88. The molecule has 2 aromatic rings. The lowest BCUT2D eigenvalue weighted by molar-refractivity contribution is 0.192. The lowest BCUT2D eigenvalue weighted by Gasteiger charge is -2.30. The van der Waals surface area contributed by atoms with Gasteiger partial charge in [0.1, 0.15) is 5.82 Å². The van der Waals surface area contributed by atoms with Crippen molar-refractivity contribution in [1.29, 1.82) is 0 Å². The van der Waals surface area contributed by atoms with Crippen molar-refractivity contribution < 1.29 is 4.79 Å². The summed E-state index contributed by atoms with van der Waals surface area (Å²) in [6.45, 7) is 8.18. The van der Waals surface area contributed by atoms with Gasteiger partial charge in [-0.05, 0) is 20.3 Å². The first-order valence-electron chi connectivity index (χ1n) is 9.66. The Kier molecular flexibility index (Phi) is 5.93. The van der Waals surface area contributed by atoms with Gasteiger partial charge in [-0.25, -0.2) is 14.8 Å². The smallest absolute Gasteiger partial charge is 0.317 e. The number of aryl methyl sites for hydroxylation is 1. The minimum atomic E-state index is -0.0130. The summed E-state index contributed by atoms with van der Waals surface area (Å²) < 4.78 is 1.75. The lowest BCUT2D eigenvalue weighted by atomic mass is 10.1. The summed E-state index contributed by atoms with van der Waals surface area (Å²) in [5, 5.41) is 10.6. The fourth-order valence-electron chi connectivity index (χ4n) is 3.13. The van der Waals surface area contributed by atoms with Crippen LogP contribution in [0, 0.1) is 0 Å². The molecule has 3 heterocycles.